The Labute approximate surface area is 151 Å². The molecule has 2 N–H and O–H groups in total. The first-order valence-electron chi connectivity index (χ1n) is 7.45. The van der Waals surface area contributed by atoms with Gasteiger partial charge in [0, 0.05) is 17.0 Å². The first-order chi connectivity index (χ1) is 13.0. The molecule has 0 amide bonds. The van der Waals surface area contributed by atoms with Gasteiger partial charge in [-0.2, -0.15) is 20.7 Å². The molecule has 27 heavy (non-hydrogen) atoms. The number of anilines is 1. The van der Waals surface area contributed by atoms with Gasteiger partial charge < -0.3 is 0 Å². The maximum absolute atomic E-state index is 11.9. The maximum atomic E-state index is 11.9. The number of H-pyrrole nitrogens is 1. The lowest BCUT2D eigenvalue weighted by Crippen LogP contribution is -2.09. The van der Waals surface area contributed by atoms with Crippen LogP contribution >= 0.6 is 0 Å². The van der Waals surface area contributed by atoms with Crippen LogP contribution in [0.15, 0.2) is 52.4 Å². The van der Waals surface area contributed by atoms with Gasteiger partial charge in [0.2, 0.25) is 5.71 Å². The van der Waals surface area contributed by atoms with Gasteiger partial charge in [-0.3, -0.25) is 20.3 Å². The van der Waals surface area contributed by atoms with Gasteiger partial charge in [-0.15, -0.1) is 0 Å². The summed E-state index contributed by atoms with van der Waals surface area (Å²) < 4.78 is 0. The predicted molar refractivity (Wildman–Crippen MR) is 96.7 cm³/mol. The summed E-state index contributed by atoms with van der Waals surface area (Å²) in [4.78, 5) is 22.7. The number of fused-ring (bicyclic) bond motifs is 1. The number of rotatable bonds is 4. The third-order valence-electron chi connectivity index (χ3n) is 3.66. The number of nitrogens with zero attached hydrogens (tertiary/aromatic N) is 5. The Morgan fingerprint density at radius 2 is 1.89 bits per heavy atom. The second-order valence-corrected chi connectivity index (χ2v) is 5.23. The standard InChI is InChI=1S/C17H9N7O3/c18-8-11(9-19)20-21-14-6-5-10(7-15(14)24(26)27)16-12-3-1-2-4-13(12)17(25)23-22-16/h1-7,21H,(H,23,25). The first kappa shape index (κ1) is 17.3. The molecule has 0 radical (unpaired) electrons. The number of hydrazone groups is 1. The Morgan fingerprint density at radius 3 is 2.56 bits per heavy atom. The van der Waals surface area contributed by atoms with Crippen LogP contribution in [-0.4, -0.2) is 20.8 Å². The fourth-order valence-electron chi connectivity index (χ4n) is 2.45. The van der Waals surface area contributed by atoms with Crippen molar-refractivity contribution in [2.75, 3.05) is 5.43 Å². The molecule has 2 aromatic carbocycles. The second-order valence-electron chi connectivity index (χ2n) is 5.23. The molecule has 0 aliphatic rings. The van der Waals surface area contributed by atoms with Crippen LogP contribution in [0.1, 0.15) is 0 Å². The molecule has 0 unspecified atom stereocenters. The van der Waals surface area contributed by atoms with Crippen molar-refractivity contribution in [1.82, 2.24) is 10.2 Å². The molecule has 0 aliphatic heterocycles. The first-order valence-corrected chi connectivity index (χ1v) is 7.45. The number of aromatic nitrogens is 2. The summed E-state index contributed by atoms with van der Waals surface area (Å²) in [6.45, 7) is 0. The van der Waals surface area contributed by atoms with Gasteiger partial charge in [0.15, 0.2) is 0 Å². The molecular formula is C17H9N7O3. The van der Waals surface area contributed by atoms with E-state index >= 15 is 0 Å². The van der Waals surface area contributed by atoms with Gasteiger partial charge in [-0.25, -0.2) is 5.10 Å². The normalized spacial score (nSPS) is 9.85. The van der Waals surface area contributed by atoms with Crippen molar-refractivity contribution in [1.29, 1.82) is 10.5 Å². The van der Waals surface area contributed by atoms with E-state index in [1.165, 1.54) is 12.1 Å². The zero-order valence-electron chi connectivity index (χ0n) is 13.5. The molecule has 0 spiro atoms. The summed E-state index contributed by atoms with van der Waals surface area (Å²) >= 11 is 0. The van der Waals surface area contributed by atoms with E-state index in [1.807, 2.05) is 0 Å². The number of nitriles is 2. The fraction of sp³-hybridized carbons (Fsp3) is 0. The van der Waals surface area contributed by atoms with Crippen LogP contribution < -0.4 is 11.0 Å². The highest BCUT2D eigenvalue weighted by Gasteiger charge is 2.17. The molecule has 1 heterocycles. The van der Waals surface area contributed by atoms with E-state index < -0.39 is 10.6 Å². The quantitative estimate of drug-likeness (QED) is 0.410. The van der Waals surface area contributed by atoms with Crippen molar-refractivity contribution < 1.29 is 4.92 Å². The zero-order chi connectivity index (χ0) is 19.4. The van der Waals surface area contributed by atoms with Crippen LogP contribution in [0.4, 0.5) is 11.4 Å². The highest BCUT2D eigenvalue weighted by Crippen LogP contribution is 2.32. The van der Waals surface area contributed by atoms with Crippen LogP contribution in [0.25, 0.3) is 22.0 Å². The third kappa shape index (κ3) is 3.31. The van der Waals surface area contributed by atoms with Crippen LogP contribution in [0, 0.1) is 32.8 Å². The van der Waals surface area contributed by atoms with Crippen LogP contribution in [-0.2, 0) is 0 Å². The minimum absolute atomic E-state index is 0.000445. The Balaban J connectivity index is 2.14. The highest BCUT2D eigenvalue weighted by molar-refractivity contribution is 6.10. The van der Waals surface area contributed by atoms with Gasteiger partial charge in [-0.1, -0.05) is 24.3 Å². The van der Waals surface area contributed by atoms with Gasteiger partial charge in [0.1, 0.15) is 17.8 Å². The monoisotopic (exact) mass is 359 g/mol. The Kier molecular flexibility index (Phi) is 4.55. The number of aromatic amines is 1. The van der Waals surface area contributed by atoms with Crippen molar-refractivity contribution >= 4 is 27.9 Å². The lowest BCUT2D eigenvalue weighted by atomic mass is 10.0. The Bertz CT molecular complexity index is 1220. The number of hydrogen-bond donors (Lipinski definition) is 2. The van der Waals surface area contributed by atoms with E-state index in [4.69, 9.17) is 10.5 Å². The van der Waals surface area contributed by atoms with Crippen LogP contribution in [0.2, 0.25) is 0 Å². The highest BCUT2D eigenvalue weighted by atomic mass is 16.6. The van der Waals surface area contributed by atoms with Crippen molar-refractivity contribution in [3.05, 3.63) is 62.9 Å². The summed E-state index contributed by atoms with van der Waals surface area (Å²) in [5, 5.41) is 39.6. The lowest BCUT2D eigenvalue weighted by Gasteiger charge is -2.07. The van der Waals surface area contributed by atoms with Crippen LogP contribution in [0.5, 0.6) is 0 Å². The number of hydrogen-bond acceptors (Lipinski definition) is 8. The third-order valence-corrected chi connectivity index (χ3v) is 3.66. The smallest absolute Gasteiger partial charge is 0.270 e. The molecule has 3 aromatic rings. The second kappa shape index (κ2) is 7.13. The minimum Gasteiger partial charge on any atom is -0.270 e. The van der Waals surface area contributed by atoms with E-state index in [2.05, 4.69) is 20.7 Å². The van der Waals surface area contributed by atoms with Crippen LogP contribution in [0.3, 0.4) is 0 Å². The van der Waals surface area contributed by atoms with Gasteiger partial charge in [0.25, 0.3) is 11.2 Å². The topological polar surface area (TPSA) is 161 Å². The van der Waals surface area contributed by atoms with E-state index in [0.29, 0.717) is 22.0 Å². The molecule has 0 atom stereocenters. The van der Waals surface area contributed by atoms with Crippen molar-refractivity contribution in [3.63, 3.8) is 0 Å². The summed E-state index contributed by atoms with van der Waals surface area (Å²) in [5.74, 6) is 0. The maximum Gasteiger partial charge on any atom is 0.294 e. The van der Waals surface area contributed by atoms with Crippen molar-refractivity contribution in [2.45, 2.75) is 0 Å². The molecule has 10 nitrogen and oxygen atoms in total. The molecule has 0 bridgehead atoms. The summed E-state index contributed by atoms with van der Waals surface area (Å²) in [6, 6.07) is 14.1. The van der Waals surface area contributed by atoms with E-state index in [1.54, 1.807) is 42.5 Å². The molecule has 130 valence electrons. The molecule has 1 aromatic heterocycles. The van der Waals surface area contributed by atoms with Gasteiger partial charge in [0.05, 0.1) is 16.0 Å². The average Bonchev–Trinajstić information content (AvgIpc) is 2.69. The molecular weight excluding hydrogens is 350 g/mol. The molecule has 0 saturated heterocycles. The number of nitrogens with one attached hydrogen (secondary N) is 2. The largest absolute Gasteiger partial charge is 0.294 e. The zero-order valence-corrected chi connectivity index (χ0v) is 13.5. The summed E-state index contributed by atoms with van der Waals surface area (Å²) in [6.07, 6.45) is 0. The average molecular weight is 359 g/mol. The predicted octanol–water partition coefficient (Wildman–Crippen LogP) is 2.31. The van der Waals surface area contributed by atoms with Gasteiger partial charge >= 0.3 is 0 Å². The minimum atomic E-state index is -0.631. The van der Waals surface area contributed by atoms with Crippen molar-refractivity contribution in [3.8, 4) is 23.4 Å². The molecule has 10 heteroatoms. The lowest BCUT2D eigenvalue weighted by molar-refractivity contribution is -0.383. The number of nitro groups is 1. The fourth-order valence-corrected chi connectivity index (χ4v) is 2.45. The SMILES string of the molecule is N#CC(C#N)=NNc1ccc(-c2n[nH]c(=O)c3ccccc23)cc1[N+](=O)[O-]. The van der Waals surface area contributed by atoms with E-state index in [0.717, 1.165) is 0 Å². The number of nitro benzene ring substituents is 1. The molecule has 0 aliphatic carbocycles. The van der Waals surface area contributed by atoms with Gasteiger partial charge in [-0.05, 0) is 12.1 Å². The Morgan fingerprint density at radius 1 is 1.19 bits per heavy atom. The molecule has 0 saturated carbocycles. The summed E-state index contributed by atoms with van der Waals surface area (Å²) in [5.41, 5.74) is 1.96. The van der Waals surface area contributed by atoms with Crippen molar-refractivity contribution in [2.24, 2.45) is 5.10 Å². The molecule has 0 fully saturated rings. The molecule has 3 rings (SSSR count). The Hall–Kier alpha value is -4.57. The van der Waals surface area contributed by atoms with E-state index in [-0.39, 0.29) is 16.9 Å². The number of benzene rings is 2. The van der Waals surface area contributed by atoms with E-state index in [9.17, 15) is 14.9 Å². The summed E-state index contributed by atoms with van der Waals surface area (Å²) in [7, 11) is 0.